The second-order valence-electron chi connectivity index (χ2n) is 6.41. The van der Waals surface area contributed by atoms with Gasteiger partial charge in [0.25, 0.3) is 0 Å². The maximum absolute atomic E-state index is 13.9. The molecule has 0 saturated carbocycles. The lowest BCUT2D eigenvalue weighted by atomic mass is 10.0. The molecule has 0 aliphatic carbocycles. The molecule has 5 nitrogen and oxygen atoms in total. The zero-order valence-corrected chi connectivity index (χ0v) is 17.1. The topological polar surface area (TPSA) is 49.8 Å². The maximum atomic E-state index is 13.9. The fourth-order valence-corrected chi connectivity index (χ4v) is 3.48. The van der Waals surface area contributed by atoms with Gasteiger partial charge >= 0.3 is 0 Å². The van der Waals surface area contributed by atoms with Crippen molar-refractivity contribution in [2.45, 2.75) is 32.4 Å². The van der Waals surface area contributed by atoms with E-state index in [-0.39, 0.29) is 12.0 Å². The minimum Gasteiger partial charge on any atom is -0.375 e. The smallest absolute Gasteiger partial charge is 0.193 e. The molecule has 0 amide bonds. The SMILES string of the molecule is CN=C(NCC(C)c1ccc(F)cc1F)N(C)Cc1csc(C(C)OC)n1. The number of hydrogen-bond donors (Lipinski definition) is 1. The lowest BCUT2D eigenvalue weighted by Crippen LogP contribution is -2.40. The Balaban J connectivity index is 1.95. The molecule has 2 unspecified atom stereocenters. The first-order valence-corrected chi connectivity index (χ1v) is 9.57. The van der Waals surface area contributed by atoms with Crippen molar-refractivity contribution in [3.05, 3.63) is 51.5 Å². The van der Waals surface area contributed by atoms with Crippen LogP contribution in [0.3, 0.4) is 0 Å². The lowest BCUT2D eigenvalue weighted by Gasteiger charge is -2.23. The standard InChI is InChI=1S/C19H26F2N4OS/c1-12(16-7-6-14(20)8-17(16)21)9-23-19(22-3)25(4)10-15-11-27-18(24-15)13(2)26-5/h6-8,11-13H,9-10H2,1-5H3,(H,22,23). The Labute approximate surface area is 163 Å². The summed E-state index contributed by atoms with van der Waals surface area (Å²) in [6.07, 6.45) is -0.0297. The molecular formula is C19H26F2N4OS. The van der Waals surface area contributed by atoms with Gasteiger partial charge in [0.15, 0.2) is 5.96 Å². The van der Waals surface area contributed by atoms with Crippen LogP contribution in [0.4, 0.5) is 8.78 Å². The van der Waals surface area contributed by atoms with Crippen molar-refractivity contribution in [2.75, 3.05) is 27.7 Å². The molecule has 27 heavy (non-hydrogen) atoms. The van der Waals surface area contributed by atoms with Gasteiger partial charge in [0.1, 0.15) is 22.7 Å². The summed E-state index contributed by atoms with van der Waals surface area (Å²) in [5.41, 5.74) is 1.40. The zero-order valence-electron chi connectivity index (χ0n) is 16.3. The molecule has 148 valence electrons. The third kappa shape index (κ3) is 5.71. The highest BCUT2D eigenvalue weighted by molar-refractivity contribution is 7.09. The first kappa shape index (κ1) is 21.2. The van der Waals surface area contributed by atoms with E-state index in [1.54, 1.807) is 25.5 Å². The molecule has 1 aromatic carbocycles. The highest BCUT2D eigenvalue weighted by atomic mass is 32.1. The summed E-state index contributed by atoms with van der Waals surface area (Å²) in [7, 11) is 5.27. The van der Waals surface area contributed by atoms with Gasteiger partial charge in [0, 0.05) is 45.1 Å². The van der Waals surface area contributed by atoms with Crippen LogP contribution in [0.25, 0.3) is 0 Å². The van der Waals surface area contributed by atoms with Crippen molar-refractivity contribution in [1.82, 2.24) is 15.2 Å². The number of ether oxygens (including phenoxy) is 1. The number of halogens is 2. The van der Waals surface area contributed by atoms with Crippen LogP contribution in [0.15, 0.2) is 28.6 Å². The third-order valence-corrected chi connectivity index (χ3v) is 5.36. The minimum atomic E-state index is -0.572. The maximum Gasteiger partial charge on any atom is 0.193 e. The minimum absolute atomic E-state index is 0.0297. The van der Waals surface area contributed by atoms with E-state index < -0.39 is 11.6 Å². The van der Waals surface area contributed by atoms with Crippen LogP contribution >= 0.6 is 11.3 Å². The van der Waals surface area contributed by atoms with Gasteiger partial charge in [0.2, 0.25) is 0 Å². The van der Waals surface area contributed by atoms with Crippen molar-refractivity contribution in [3.8, 4) is 0 Å². The van der Waals surface area contributed by atoms with Crippen LogP contribution in [-0.2, 0) is 11.3 Å². The second kappa shape index (κ2) is 9.75. The molecule has 0 bridgehead atoms. The van der Waals surface area contributed by atoms with Gasteiger partial charge in [0.05, 0.1) is 12.2 Å². The first-order valence-electron chi connectivity index (χ1n) is 8.69. The van der Waals surface area contributed by atoms with Crippen LogP contribution in [0.2, 0.25) is 0 Å². The molecule has 2 aromatic rings. The normalized spacial score (nSPS) is 14.1. The zero-order chi connectivity index (χ0) is 20.0. The van der Waals surface area contributed by atoms with Crippen molar-refractivity contribution >= 4 is 17.3 Å². The summed E-state index contributed by atoms with van der Waals surface area (Å²) in [5, 5.41) is 6.18. The summed E-state index contributed by atoms with van der Waals surface area (Å²) in [6.45, 7) is 4.91. The highest BCUT2D eigenvalue weighted by Gasteiger charge is 2.15. The Hall–Kier alpha value is -2.06. The average Bonchev–Trinajstić information content (AvgIpc) is 3.09. The molecule has 1 heterocycles. The molecule has 0 saturated heterocycles. The van der Waals surface area contributed by atoms with Gasteiger partial charge in [-0.3, -0.25) is 4.99 Å². The van der Waals surface area contributed by atoms with E-state index in [1.807, 2.05) is 31.2 Å². The number of nitrogens with zero attached hydrogens (tertiary/aromatic N) is 3. The molecule has 0 radical (unpaired) electrons. The third-order valence-electron chi connectivity index (χ3n) is 4.30. The fourth-order valence-electron chi connectivity index (χ4n) is 2.64. The molecule has 0 aliphatic rings. The van der Waals surface area contributed by atoms with Gasteiger partial charge in [-0.15, -0.1) is 11.3 Å². The van der Waals surface area contributed by atoms with Crippen molar-refractivity contribution < 1.29 is 13.5 Å². The van der Waals surface area contributed by atoms with Crippen LogP contribution in [0, 0.1) is 11.6 Å². The quantitative estimate of drug-likeness (QED) is 0.569. The number of guanidine groups is 1. The van der Waals surface area contributed by atoms with Crippen molar-refractivity contribution in [2.24, 2.45) is 4.99 Å². The molecular weight excluding hydrogens is 370 g/mol. The Morgan fingerprint density at radius 1 is 1.37 bits per heavy atom. The monoisotopic (exact) mass is 396 g/mol. The number of thiazole rings is 1. The summed E-state index contributed by atoms with van der Waals surface area (Å²) >= 11 is 1.57. The number of aliphatic imine (C=N–C) groups is 1. The number of benzene rings is 1. The van der Waals surface area contributed by atoms with E-state index >= 15 is 0 Å². The lowest BCUT2D eigenvalue weighted by molar-refractivity contribution is 0.119. The van der Waals surface area contributed by atoms with Gasteiger partial charge in [-0.1, -0.05) is 13.0 Å². The van der Waals surface area contributed by atoms with E-state index in [0.29, 0.717) is 24.6 Å². The van der Waals surface area contributed by atoms with E-state index in [4.69, 9.17) is 4.74 Å². The fraction of sp³-hybridized carbons (Fsp3) is 0.474. The Morgan fingerprint density at radius 2 is 2.11 bits per heavy atom. The largest absolute Gasteiger partial charge is 0.375 e. The number of methoxy groups -OCH3 is 1. The van der Waals surface area contributed by atoms with Crippen LogP contribution < -0.4 is 5.32 Å². The van der Waals surface area contributed by atoms with E-state index in [9.17, 15) is 8.78 Å². The number of rotatable bonds is 7. The Kier molecular flexibility index (Phi) is 7.67. The van der Waals surface area contributed by atoms with Crippen LogP contribution in [0.5, 0.6) is 0 Å². The summed E-state index contributed by atoms with van der Waals surface area (Å²) in [4.78, 5) is 10.8. The van der Waals surface area contributed by atoms with Crippen molar-refractivity contribution in [1.29, 1.82) is 0 Å². The molecule has 2 atom stereocenters. The van der Waals surface area contributed by atoms with E-state index in [1.165, 1.54) is 12.1 Å². The molecule has 8 heteroatoms. The van der Waals surface area contributed by atoms with Crippen molar-refractivity contribution in [3.63, 3.8) is 0 Å². The Morgan fingerprint density at radius 3 is 2.74 bits per heavy atom. The molecule has 1 aromatic heterocycles. The summed E-state index contributed by atoms with van der Waals surface area (Å²) in [5.74, 6) is -0.560. The van der Waals surface area contributed by atoms with E-state index in [2.05, 4.69) is 15.3 Å². The second-order valence-corrected chi connectivity index (χ2v) is 7.30. The van der Waals surface area contributed by atoms with Gasteiger partial charge < -0.3 is 15.0 Å². The predicted molar refractivity (Wildman–Crippen MR) is 105 cm³/mol. The summed E-state index contributed by atoms with van der Waals surface area (Å²) in [6, 6.07) is 3.67. The number of nitrogens with one attached hydrogen (secondary N) is 1. The molecule has 1 N–H and O–H groups in total. The summed E-state index contributed by atoms with van der Waals surface area (Å²) < 4.78 is 32.3. The van der Waals surface area contributed by atoms with Gasteiger partial charge in [-0.25, -0.2) is 13.8 Å². The van der Waals surface area contributed by atoms with E-state index in [0.717, 1.165) is 16.8 Å². The van der Waals surface area contributed by atoms with Gasteiger partial charge in [-0.2, -0.15) is 0 Å². The molecule has 0 fully saturated rings. The average molecular weight is 397 g/mol. The first-order chi connectivity index (χ1) is 12.8. The van der Waals surface area contributed by atoms with Gasteiger partial charge in [-0.05, 0) is 18.6 Å². The number of aromatic nitrogens is 1. The highest BCUT2D eigenvalue weighted by Crippen LogP contribution is 2.21. The number of hydrogen-bond acceptors (Lipinski definition) is 4. The molecule has 0 aliphatic heterocycles. The predicted octanol–water partition coefficient (Wildman–Crippen LogP) is 3.94. The molecule has 0 spiro atoms. The molecule has 2 rings (SSSR count). The Bertz CT molecular complexity index is 781. The van der Waals surface area contributed by atoms with Crippen LogP contribution in [0.1, 0.15) is 42.1 Å². The van der Waals surface area contributed by atoms with Crippen LogP contribution in [-0.4, -0.2) is 43.6 Å².